The van der Waals surface area contributed by atoms with Gasteiger partial charge in [-0.3, -0.25) is 4.79 Å². The van der Waals surface area contributed by atoms with E-state index in [1.54, 1.807) is 12.1 Å². The maximum atomic E-state index is 13.0. The number of pyridine rings is 1. The smallest absolute Gasteiger partial charge is 0.416 e. The number of anilines is 1. The van der Waals surface area contributed by atoms with Crippen LogP contribution in [0.4, 0.5) is 18.9 Å². The Balaban J connectivity index is 2.15. The van der Waals surface area contributed by atoms with Crippen LogP contribution in [0, 0.1) is 0 Å². The summed E-state index contributed by atoms with van der Waals surface area (Å²) in [6.45, 7) is 0. The van der Waals surface area contributed by atoms with Gasteiger partial charge in [0.2, 0.25) is 0 Å². The van der Waals surface area contributed by atoms with Crippen molar-refractivity contribution in [3.8, 4) is 5.75 Å². The fourth-order valence-corrected chi connectivity index (χ4v) is 3.33. The largest absolute Gasteiger partial charge is 0.506 e. The number of thiocarbonyl (C=S) groups is 1. The van der Waals surface area contributed by atoms with Crippen LogP contribution in [0.2, 0.25) is 5.02 Å². The van der Waals surface area contributed by atoms with Crippen molar-refractivity contribution < 1.29 is 18.3 Å². The second kappa shape index (κ2) is 7.10. The number of halogens is 4. The number of alkyl halides is 3. The second-order valence-corrected chi connectivity index (χ2v) is 6.98. The maximum Gasteiger partial charge on any atom is 0.416 e. The highest BCUT2D eigenvalue weighted by Crippen LogP contribution is 2.33. The van der Waals surface area contributed by atoms with Crippen LogP contribution in [0.5, 0.6) is 5.75 Å². The third-order valence-electron chi connectivity index (χ3n) is 4.41. The van der Waals surface area contributed by atoms with Crippen LogP contribution in [0.1, 0.15) is 11.1 Å². The summed E-state index contributed by atoms with van der Waals surface area (Å²) in [6.07, 6.45) is -4.52. The normalized spacial score (nSPS) is 11.6. The highest BCUT2D eigenvalue weighted by Gasteiger charge is 2.31. The zero-order valence-electron chi connectivity index (χ0n) is 14.7. The minimum absolute atomic E-state index is 0.112. The molecule has 1 aromatic heterocycles. The summed E-state index contributed by atoms with van der Waals surface area (Å²) < 4.78 is 40.3. The first kappa shape index (κ1) is 20.2. The molecule has 0 atom stereocenters. The van der Waals surface area contributed by atoms with Crippen molar-refractivity contribution in [2.24, 2.45) is 7.05 Å². The number of hydrogen-bond donors (Lipinski definition) is 1. The molecule has 1 N–H and O–H groups in total. The molecule has 3 rings (SSSR count). The lowest BCUT2D eigenvalue weighted by Gasteiger charge is -2.22. The summed E-state index contributed by atoms with van der Waals surface area (Å²) in [5.41, 5.74) is -1.03. The van der Waals surface area contributed by atoms with Crippen LogP contribution >= 0.6 is 23.8 Å². The van der Waals surface area contributed by atoms with Crippen LogP contribution < -0.4 is 10.5 Å². The predicted molar refractivity (Wildman–Crippen MR) is 107 cm³/mol. The van der Waals surface area contributed by atoms with E-state index in [9.17, 15) is 23.1 Å². The number of benzene rings is 2. The molecule has 0 fully saturated rings. The van der Waals surface area contributed by atoms with Gasteiger partial charge >= 0.3 is 6.18 Å². The molecule has 0 radical (unpaired) electrons. The molecule has 0 saturated heterocycles. The zero-order chi connectivity index (χ0) is 20.8. The SMILES string of the molecule is CN(C(=S)c1c(O)c2cc(Cl)ccc2n(C)c1=O)c1cccc(C(F)(F)F)c1. The topological polar surface area (TPSA) is 45.5 Å². The van der Waals surface area contributed by atoms with Gasteiger partial charge in [-0.05, 0) is 36.4 Å². The van der Waals surface area contributed by atoms with Gasteiger partial charge in [0.15, 0.2) is 0 Å². The van der Waals surface area contributed by atoms with Gasteiger partial charge in [-0.1, -0.05) is 29.9 Å². The van der Waals surface area contributed by atoms with E-state index in [2.05, 4.69) is 0 Å². The molecule has 146 valence electrons. The first-order valence-electron chi connectivity index (χ1n) is 7.99. The molecule has 9 heteroatoms. The Kier molecular flexibility index (Phi) is 5.12. The molecule has 0 spiro atoms. The average Bonchev–Trinajstić information content (AvgIpc) is 2.65. The van der Waals surface area contributed by atoms with Gasteiger partial charge in [0.1, 0.15) is 16.3 Å². The highest BCUT2D eigenvalue weighted by molar-refractivity contribution is 7.81. The molecule has 0 saturated carbocycles. The minimum Gasteiger partial charge on any atom is -0.506 e. The van der Waals surface area contributed by atoms with Gasteiger partial charge in [0.25, 0.3) is 5.56 Å². The molecular formula is C19H14ClF3N2O2S. The third-order valence-corrected chi connectivity index (χ3v) is 5.12. The van der Waals surface area contributed by atoms with E-state index in [4.69, 9.17) is 23.8 Å². The van der Waals surface area contributed by atoms with E-state index >= 15 is 0 Å². The molecule has 0 unspecified atom stereocenters. The molecule has 28 heavy (non-hydrogen) atoms. The molecule has 0 aliphatic rings. The highest BCUT2D eigenvalue weighted by atomic mass is 35.5. The molecule has 4 nitrogen and oxygen atoms in total. The van der Waals surface area contributed by atoms with E-state index in [0.717, 1.165) is 12.1 Å². The number of aromatic nitrogens is 1. The predicted octanol–water partition coefficient (Wildman–Crippen LogP) is 4.73. The van der Waals surface area contributed by atoms with Crippen molar-refractivity contribution in [1.29, 1.82) is 0 Å². The lowest BCUT2D eigenvalue weighted by molar-refractivity contribution is -0.137. The van der Waals surface area contributed by atoms with E-state index in [0.29, 0.717) is 15.9 Å². The van der Waals surface area contributed by atoms with Crippen molar-refractivity contribution >= 4 is 45.4 Å². The molecule has 2 aromatic carbocycles. The number of hydrogen-bond acceptors (Lipinski definition) is 3. The molecule has 0 amide bonds. The Morgan fingerprint density at radius 3 is 2.54 bits per heavy atom. The summed E-state index contributed by atoms with van der Waals surface area (Å²) in [5, 5.41) is 11.3. The summed E-state index contributed by atoms with van der Waals surface area (Å²) in [4.78, 5) is 13.9. The van der Waals surface area contributed by atoms with Gasteiger partial charge in [-0.25, -0.2) is 0 Å². The Morgan fingerprint density at radius 2 is 1.89 bits per heavy atom. The summed E-state index contributed by atoms with van der Waals surface area (Å²) in [5.74, 6) is -0.371. The number of aryl methyl sites for hydroxylation is 1. The van der Waals surface area contributed by atoms with Crippen molar-refractivity contribution in [3.05, 3.63) is 69.0 Å². The Morgan fingerprint density at radius 1 is 1.21 bits per heavy atom. The van der Waals surface area contributed by atoms with Crippen LogP contribution in [-0.4, -0.2) is 21.7 Å². The fraction of sp³-hybridized carbons (Fsp3) is 0.158. The van der Waals surface area contributed by atoms with Crippen molar-refractivity contribution in [2.75, 3.05) is 11.9 Å². The van der Waals surface area contributed by atoms with Gasteiger partial charge in [-0.15, -0.1) is 0 Å². The quantitative estimate of drug-likeness (QED) is 0.602. The molecule has 0 aliphatic heterocycles. The summed E-state index contributed by atoms with van der Waals surface area (Å²) >= 11 is 11.3. The van der Waals surface area contributed by atoms with Gasteiger partial charge in [-0.2, -0.15) is 13.2 Å². The van der Waals surface area contributed by atoms with E-state index in [-0.39, 0.29) is 22.0 Å². The van der Waals surface area contributed by atoms with Crippen LogP contribution in [0.3, 0.4) is 0 Å². The number of rotatable bonds is 2. The van der Waals surface area contributed by atoms with Gasteiger partial charge in [0.05, 0.1) is 11.1 Å². The first-order valence-corrected chi connectivity index (χ1v) is 8.77. The van der Waals surface area contributed by atoms with Crippen molar-refractivity contribution in [3.63, 3.8) is 0 Å². The standard InChI is InChI=1S/C19H14ClF3N2O2S/c1-24(12-5-3-4-10(8-12)19(21,22)23)18(28)15-16(26)13-9-11(20)6-7-14(13)25(2)17(15)27/h3-9,26H,1-2H3. The monoisotopic (exact) mass is 426 g/mol. The zero-order valence-corrected chi connectivity index (χ0v) is 16.3. The minimum atomic E-state index is -4.52. The molecular weight excluding hydrogens is 413 g/mol. The number of nitrogens with zero attached hydrogens (tertiary/aromatic N) is 2. The molecule has 3 aromatic rings. The van der Waals surface area contributed by atoms with Gasteiger partial charge in [0, 0.05) is 30.2 Å². The van der Waals surface area contributed by atoms with Gasteiger partial charge < -0.3 is 14.6 Å². The second-order valence-electron chi connectivity index (χ2n) is 6.16. The molecule has 0 aliphatic carbocycles. The van der Waals surface area contributed by atoms with E-state index in [1.807, 2.05) is 0 Å². The van der Waals surface area contributed by atoms with E-state index in [1.165, 1.54) is 41.8 Å². The Labute approximate surface area is 168 Å². The number of aromatic hydroxyl groups is 1. The molecule has 1 heterocycles. The van der Waals surface area contributed by atoms with Crippen LogP contribution in [-0.2, 0) is 13.2 Å². The summed E-state index contributed by atoms with van der Waals surface area (Å²) in [7, 11) is 2.94. The fourth-order valence-electron chi connectivity index (χ4n) is 2.87. The summed E-state index contributed by atoms with van der Waals surface area (Å²) in [6, 6.07) is 9.19. The van der Waals surface area contributed by atoms with Crippen LogP contribution in [0.25, 0.3) is 10.9 Å². The Hall–Kier alpha value is -2.58. The van der Waals surface area contributed by atoms with Crippen molar-refractivity contribution in [2.45, 2.75) is 6.18 Å². The number of fused-ring (bicyclic) bond motifs is 1. The Bertz CT molecular complexity index is 1160. The first-order chi connectivity index (χ1) is 13.0. The van der Waals surface area contributed by atoms with E-state index < -0.39 is 17.3 Å². The van der Waals surface area contributed by atoms with Crippen LogP contribution in [0.15, 0.2) is 47.3 Å². The maximum absolute atomic E-state index is 13.0. The lowest BCUT2D eigenvalue weighted by Crippen LogP contribution is -2.33. The third kappa shape index (κ3) is 3.45. The average molecular weight is 427 g/mol. The van der Waals surface area contributed by atoms with Crippen molar-refractivity contribution in [1.82, 2.24) is 4.57 Å². The lowest BCUT2D eigenvalue weighted by atomic mass is 10.1. The molecule has 0 bridgehead atoms.